The molecule has 0 bridgehead atoms. The van der Waals surface area contributed by atoms with Crippen molar-refractivity contribution in [1.29, 1.82) is 0 Å². The molecule has 0 aliphatic carbocycles. The molecule has 5 nitrogen and oxygen atoms in total. The quantitative estimate of drug-likeness (QED) is 0.869. The second-order valence-corrected chi connectivity index (χ2v) is 7.55. The van der Waals surface area contributed by atoms with Crippen molar-refractivity contribution in [3.8, 4) is 11.3 Å². The topological polar surface area (TPSA) is 47.1 Å². The van der Waals surface area contributed by atoms with Crippen molar-refractivity contribution in [1.82, 2.24) is 4.90 Å². The molecule has 1 saturated heterocycles. The maximum absolute atomic E-state index is 12.6. The number of quaternary nitrogens is 1. The Morgan fingerprint density at radius 2 is 1.81 bits per heavy atom. The van der Waals surface area contributed by atoms with E-state index in [4.69, 9.17) is 20.8 Å². The number of nitrogens with zero attached hydrogens (tertiary/aromatic N) is 1. The molecule has 1 fully saturated rings. The Bertz CT molecular complexity index is 734. The van der Waals surface area contributed by atoms with Gasteiger partial charge in [-0.15, -0.1) is 0 Å². The van der Waals surface area contributed by atoms with E-state index in [1.165, 1.54) is 4.90 Å². The third kappa shape index (κ3) is 4.87. The summed E-state index contributed by atoms with van der Waals surface area (Å²) in [7, 11) is 1.82. The number of furan rings is 1. The van der Waals surface area contributed by atoms with Gasteiger partial charge in [-0.05, 0) is 50.2 Å². The van der Waals surface area contributed by atoms with Gasteiger partial charge in [0.2, 0.25) is 0 Å². The summed E-state index contributed by atoms with van der Waals surface area (Å²) in [4.78, 5) is 15.5. The van der Waals surface area contributed by atoms with Gasteiger partial charge in [-0.2, -0.15) is 0 Å². The highest BCUT2D eigenvalue weighted by Gasteiger charge is 2.28. The van der Waals surface area contributed by atoms with E-state index >= 15 is 0 Å². The maximum atomic E-state index is 12.6. The fourth-order valence-corrected chi connectivity index (χ4v) is 3.56. The molecule has 3 rings (SSSR count). The molecule has 1 aliphatic rings. The molecule has 2 aromatic rings. The lowest BCUT2D eigenvalue weighted by atomic mass is 10.2. The highest BCUT2D eigenvalue weighted by Crippen LogP contribution is 2.24. The van der Waals surface area contributed by atoms with Crippen LogP contribution in [0, 0.1) is 0 Å². The van der Waals surface area contributed by atoms with Crippen molar-refractivity contribution in [3.05, 3.63) is 47.2 Å². The van der Waals surface area contributed by atoms with Crippen LogP contribution in [-0.4, -0.2) is 49.7 Å². The van der Waals surface area contributed by atoms with Gasteiger partial charge in [0.25, 0.3) is 5.91 Å². The summed E-state index contributed by atoms with van der Waals surface area (Å²) in [5.41, 5.74) is 0.968. The number of rotatable bonds is 5. The smallest absolute Gasteiger partial charge is 0.277 e. The number of hydrogen-bond acceptors (Lipinski definition) is 3. The normalized spacial score (nSPS) is 23.0. The van der Waals surface area contributed by atoms with Gasteiger partial charge in [0, 0.05) is 17.6 Å². The standard InChI is InChI=1S/C20H25ClN2O3/c1-14-10-23(11-15(2)25-14)13-20(24)22(3)12-18-8-9-19(26-18)16-4-6-17(21)7-5-16/h4-9,14-15H,10-13H2,1-3H3/p+1/t14-,15-/m0/s1. The van der Waals surface area contributed by atoms with Crippen LogP contribution in [0.25, 0.3) is 11.3 Å². The maximum Gasteiger partial charge on any atom is 0.277 e. The summed E-state index contributed by atoms with van der Waals surface area (Å²) in [5, 5.41) is 0.695. The Kier molecular flexibility index (Phi) is 6.01. The monoisotopic (exact) mass is 377 g/mol. The van der Waals surface area contributed by atoms with Crippen molar-refractivity contribution < 1.29 is 18.8 Å². The molecule has 1 aromatic carbocycles. The Labute approximate surface area is 159 Å². The number of carbonyl (C=O) groups is 1. The van der Waals surface area contributed by atoms with Crippen LogP contribution in [0.1, 0.15) is 19.6 Å². The molecule has 6 heteroatoms. The summed E-state index contributed by atoms with van der Waals surface area (Å²) in [5.74, 6) is 1.66. The van der Waals surface area contributed by atoms with E-state index in [9.17, 15) is 4.79 Å². The molecule has 0 spiro atoms. The molecule has 0 saturated carbocycles. The van der Waals surface area contributed by atoms with Gasteiger partial charge in [-0.3, -0.25) is 4.79 Å². The lowest BCUT2D eigenvalue weighted by molar-refractivity contribution is -0.907. The third-order valence-electron chi connectivity index (χ3n) is 4.63. The minimum atomic E-state index is 0.116. The van der Waals surface area contributed by atoms with Crippen LogP contribution in [0.3, 0.4) is 0 Å². The van der Waals surface area contributed by atoms with Crippen molar-refractivity contribution in [3.63, 3.8) is 0 Å². The fourth-order valence-electron chi connectivity index (χ4n) is 3.44. The zero-order valence-corrected chi connectivity index (χ0v) is 16.3. The lowest BCUT2D eigenvalue weighted by Gasteiger charge is -2.32. The number of ether oxygens (including phenoxy) is 1. The second kappa shape index (κ2) is 8.25. The van der Waals surface area contributed by atoms with E-state index in [2.05, 4.69) is 13.8 Å². The molecule has 1 amide bonds. The summed E-state index contributed by atoms with van der Waals surface area (Å²) >= 11 is 5.92. The van der Waals surface area contributed by atoms with Crippen LogP contribution in [0.4, 0.5) is 0 Å². The number of nitrogens with one attached hydrogen (secondary N) is 1. The predicted octanol–water partition coefficient (Wildman–Crippen LogP) is 2.25. The molecule has 2 heterocycles. The van der Waals surface area contributed by atoms with Crippen LogP contribution in [-0.2, 0) is 16.1 Å². The number of likely N-dealkylation sites (N-methyl/N-ethyl adjacent to an activating group) is 1. The average molecular weight is 378 g/mol. The SMILES string of the molecule is C[C@H]1C[NH+](CC(=O)N(C)Cc2ccc(-c3ccc(Cl)cc3)o2)C[C@H](C)O1. The second-order valence-electron chi connectivity index (χ2n) is 7.11. The zero-order chi connectivity index (χ0) is 18.7. The predicted molar refractivity (Wildman–Crippen MR) is 101 cm³/mol. The number of halogens is 1. The van der Waals surface area contributed by atoms with E-state index in [0.29, 0.717) is 18.1 Å². The van der Waals surface area contributed by atoms with E-state index in [1.54, 1.807) is 4.90 Å². The Morgan fingerprint density at radius 3 is 2.46 bits per heavy atom. The average Bonchev–Trinajstić information content (AvgIpc) is 3.03. The van der Waals surface area contributed by atoms with Gasteiger partial charge >= 0.3 is 0 Å². The first-order valence-electron chi connectivity index (χ1n) is 8.98. The van der Waals surface area contributed by atoms with E-state index in [1.807, 2.05) is 43.4 Å². The largest absolute Gasteiger partial charge is 0.459 e. The highest BCUT2D eigenvalue weighted by molar-refractivity contribution is 6.30. The van der Waals surface area contributed by atoms with Crippen LogP contribution >= 0.6 is 11.6 Å². The third-order valence-corrected chi connectivity index (χ3v) is 4.88. The minimum absolute atomic E-state index is 0.116. The van der Waals surface area contributed by atoms with Crippen LogP contribution < -0.4 is 4.90 Å². The van der Waals surface area contributed by atoms with Crippen molar-refractivity contribution in [2.45, 2.75) is 32.6 Å². The van der Waals surface area contributed by atoms with Crippen molar-refractivity contribution in [2.75, 3.05) is 26.7 Å². The molecule has 2 atom stereocenters. The summed E-state index contributed by atoms with van der Waals surface area (Å²) < 4.78 is 11.6. The summed E-state index contributed by atoms with van der Waals surface area (Å²) in [6, 6.07) is 11.4. The van der Waals surface area contributed by atoms with Crippen LogP contribution in [0.2, 0.25) is 5.02 Å². The Hall–Kier alpha value is -1.82. The molecular weight excluding hydrogens is 352 g/mol. The molecule has 1 aliphatic heterocycles. The summed E-state index contributed by atoms with van der Waals surface area (Å²) in [6.45, 7) is 6.80. The fraction of sp³-hybridized carbons (Fsp3) is 0.450. The minimum Gasteiger partial charge on any atom is -0.459 e. The van der Waals surface area contributed by atoms with Crippen LogP contribution in [0.5, 0.6) is 0 Å². The first kappa shape index (κ1) is 19.0. The summed E-state index contributed by atoms with van der Waals surface area (Å²) in [6.07, 6.45) is 0.387. The highest BCUT2D eigenvalue weighted by atomic mass is 35.5. The van der Waals surface area contributed by atoms with Crippen molar-refractivity contribution in [2.24, 2.45) is 0 Å². The molecule has 140 valence electrons. The molecular formula is C20H26ClN2O3+. The van der Waals surface area contributed by atoms with Gasteiger partial charge in [-0.1, -0.05) is 11.6 Å². The number of amides is 1. The van der Waals surface area contributed by atoms with Gasteiger partial charge in [0.05, 0.1) is 6.54 Å². The molecule has 0 radical (unpaired) electrons. The van der Waals surface area contributed by atoms with Gasteiger partial charge in [-0.25, -0.2) is 0 Å². The first-order valence-corrected chi connectivity index (χ1v) is 9.36. The number of morpholine rings is 1. The van der Waals surface area contributed by atoms with Gasteiger partial charge in [0.15, 0.2) is 6.54 Å². The van der Waals surface area contributed by atoms with E-state index in [0.717, 1.165) is 30.2 Å². The molecule has 1 N–H and O–H groups in total. The number of benzene rings is 1. The van der Waals surface area contributed by atoms with E-state index < -0.39 is 0 Å². The van der Waals surface area contributed by atoms with E-state index in [-0.39, 0.29) is 18.1 Å². The van der Waals surface area contributed by atoms with Crippen molar-refractivity contribution >= 4 is 17.5 Å². The van der Waals surface area contributed by atoms with Gasteiger partial charge in [0.1, 0.15) is 36.8 Å². The lowest BCUT2D eigenvalue weighted by Crippen LogP contribution is -3.16. The molecule has 0 unspecified atom stereocenters. The van der Waals surface area contributed by atoms with Gasteiger partial charge < -0.3 is 19.0 Å². The molecule has 26 heavy (non-hydrogen) atoms. The number of hydrogen-bond donors (Lipinski definition) is 1. The first-order chi connectivity index (χ1) is 12.4. The Morgan fingerprint density at radius 1 is 1.15 bits per heavy atom. The van der Waals surface area contributed by atoms with Crippen LogP contribution in [0.15, 0.2) is 40.8 Å². The molecule has 1 aromatic heterocycles. The Balaban J connectivity index is 1.56. The number of carbonyl (C=O) groups excluding carboxylic acids is 1. The zero-order valence-electron chi connectivity index (χ0n) is 15.5.